The first kappa shape index (κ1) is 14.8. The van der Waals surface area contributed by atoms with Gasteiger partial charge in [0, 0.05) is 24.5 Å². The van der Waals surface area contributed by atoms with Crippen LogP contribution in [0.4, 0.5) is 5.69 Å². The highest BCUT2D eigenvalue weighted by Crippen LogP contribution is 2.43. The summed E-state index contributed by atoms with van der Waals surface area (Å²) in [6, 6.07) is 3.12. The van der Waals surface area contributed by atoms with Crippen molar-refractivity contribution >= 4 is 17.5 Å². The maximum absolute atomic E-state index is 12.6. The van der Waals surface area contributed by atoms with Gasteiger partial charge in [0.25, 0.3) is 11.8 Å². The number of carbonyl (C=O) groups excluding carboxylic acids is 2. The molecule has 0 aliphatic carbocycles. The molecular weight excluding hydrogens is 302 g/mol. The fourth-order valence-electron chi connectivity index (χ4n) is 2.37. The van der Waals surface area contributed by atoms with Crippen LogP contribution in [0, 0.1) is 0 Å². The maximum Gasteiger partial charge on any atom is 0.286 e. The zero-order chi connectivity index (χ0) is 16.6. The average Bonchev–Trinajstić information content (AvgIpc) is 2.85. The Bertz CT molecular complexity index is 745. The largest absolute Gasteiger partial charge is 0.496 e. The van der Waals surface area contributed by atoms with E-state index in [1.807, 2.05) is 0 Å². The Balaban J connectivity index is 2.20. The molecule has 2 heterocycles. The van der Waals surface area contributed by atoms with Crippen molar-refractivity contribution in [2.45, 2.75) is 0 Å². The van der Waals surface area contributed by atoms with Crippen molar-refractivity contribution in [2.24, 2.45) is 0 Å². The van der Waals surface area contributed by atoms with Crippen LogP contribution in [-0.4, -0.2) is 43.1 Å². The summed E-state index contributed by atoms with van der Waals surface area (Å²) in [5, 5.41) is 0. The van der Waals surface area contributed by atoms with Crippen LogP contribution in [0.5, 0.6) is 17.2 Å². The van der Waals surface area contributed by atoms with Crippen LogP contribution in [0.3, 0.4) is 0 Å². The summed E-state index contributed by atoms with van der Waals surface area (Å²) < 4.78 is 15.7. The highest BCUT2D eigenvalue weighted by Gasteiger charge is 2.42. The lowest BCUT2D eigenvalue weighted by Crippen LogP contribution is -2.30. The highest BCUT2D eigenvalue weighted by molar-refractivity contribution is 6.33. The molecule has 0 radical (unpaired) electrons. The van der Waals surface area contributed by atoms with Crippen LogP contribution < -0.4 is 19.1 Å². The van der Waals surface area contributed by atoms with Gasteiger partial charge < -0.3 is 14.2 Å². The van der Waals surface area contributed by atoms with Gasteiger partial charge in [0.05, 0.1) is 21.3 Å². The maximum atomic E-state index is 12.6. The molecule has 0 bridgehead atoms. The number of methoxy groups -OCH3 is 3. The van der Waals surface area contributed by atoms with Gasteiger partial charge >= 0.3 is 0 Å². The SMILES string of the molecule is COc1cc(OC)c(N2C(=O)c3nccnc3C2=O)c(OC)c1. The molecule has 1 aromatic heterocycles. The fourth-order valence-corrected chi connectivity index (χ4v) is 2.37. The van der Waals surface area contributed by atoms with Crippen molar-refractivity contribution in [3.63, 3.8) is 0 Å². The molecule has 0 fully saturated rings. The van der Waals surface area contributed by atoms with E-state index < -0.39 is 11.8 Å². The number of hydrogen-bond acceptors (Lipinski definition) is 7. The van der Waals surface area contributed by atoms with Gasteiger partial charge in [-0.15, -0.1) is 0 Å². The third-order valence-corrected chi connectivity index (χ3v) is 3.42. The molecule has 1 aromatic carbocycles. The summed E-state index contributed by atoms with van der Waals surface area (Å²) in [4.78, 5) is 33.9. The average molecular weight is 315 g/mol. The van der Waals surface area contributed by atoms with Gasteiger partial charge in [0.15, 0.2) is 22.9 Å². The Hall–Kier alpha value is -3.16. The Labute approximate surface area is 131 Å². The second-order valence-electron chi connectivity index (χ2n) is 4.58. The summed E-state index contributed by atoms with van der Waals surface area (Å²) in [6.45, 7) is 0. The molecule has 0 saturated heterocycles. The Morgan fingerprint density at radius 1 is 0.826 bits per heavy atom. The fraction of sp³-hybridized carbons (Fsp3) is 0.200. The Morgan fingerprint density at radius 2 is 1.30 bits per heavy atom. The van der Waals surface area contributed by atoms with E-state index in [0.717, 1.165) is 4.90 Å². The molecular formula is C15H13N3O5. The molecule has 0 unspecified atom stereocenters. The molecule has 0 atom stereocenters. The molecule has 2 amide bonds. The van der Waals surface area contributed by atoms with Crippen LogP contribution in [0.25, 0.3) is 0 Å². The number of imide groups is 1. The number of hydrogen-bond donors (Lipinski definition) is 0. The zero-order valence-corrected chi connectivity index (χ0v) is 12.7. The smallest absolute Gasteiger partial charge is 0.286 e. The number of nitrogens with zero attached hydrogens (tertiary/aromatic N) is 3. The van der Waals surface area contributed by atoms with E-state index in [2.05, 4.69) is 9.97 Å². The summed E-state index contributed by atoms with van der Waals surface area (Å²) in [6.07, 6.45) is 2.71. The van der Waals surface area contributed by atoms with Crippen LogP contribution in [0.2, 0.25) is 0 Å². The minimum Gasteiger partial charge on any atom is -0.496 e. The zero-order valence-electron chi connectivity index (χ0n) is 12.7. The molecule has 8 heteroatoms. The van der Waals surface area contributed by atoms with Crippen LogP contribution in [0.1, 0.15) is 21.0 Å². The number of fused-ring (bicyclic) bond motifs is 1. The number of rotatable bonds is 4. The van der Waals surface area contributed by atoms with Crippen molar-refractivity contribution in [1.29, 1.82) is 0 Å². The molecule has 8 nitrogen and oxygen atoms in total. The van der Waals surface area contributed by atoms with Gasteiger partial charge in [0.1, 0.15) is 11.4 Å². The molecule has 0 saturated carbocycles. The first-order chi connectivity index (χ1) is 11.1. The predicted octanol–water partition coefficient (Wildman–Crippen LogP) is 1.30. The summed E-state index contributed by atoms with van der Waals surface area (Å²) in [5.41, 5.74) is 0.181. The highest BCUT2D eigenvalue weighted by atomic mass is 16.5. The molecule has 0 N–H and O–H groups in total. The van der Waals surface area contributed by atoms with Crippen molar-refractivity contribution < 1.29 is 23.8 Å². The van der Waals surface area contributed by atoms with Gasteiger partial charge in [-0.3, -0.25) is 9.59 Å². The predicted molar refractivity (Wildman–Crippen MR) is 79.3 cm³/mol. The molecule has 1 aliphatic heterocycles. The monoisotopic (exact) mass is 315 g/mol. The van der Waals surface area contributed by atoms with Crippen molar-refractivity contribution in [3.8, 4) is 17.2 Å². The first-order valence-electron chi connectivity index (χ1n) is 6.62. The first-order valence-corrected chi connectivity index (χ1v) is 6.62. The molecule has 3 rings (SSSR count). The Kier molecular flexibility index (Phi) is 3.57. The molecule has 1 aliphatic rings. The second-order valence-corrected chi connectivity index (χ2v) is 4.58. The van der Waals surface area contributed by atoms with Crippen molar-refractivity contribution in [1.82, 2.24) is 9.97 Å². The standard InChI is InChI=1S/C15H13N3O5/c1-21-8-6-9(22-2)13(10(7-8)23-3)18-14(19)11-12(15(18)20)17-5-4-16-11/h4-7H,1-3H3. The summed E-state index contributed by atoms with van der Waals surface area (Å²) in [5.74, 6) is -0.179. The molecule has 23 heavy (non-hydrogen) atoms. The lowest BCUT2D eigenvalue weighted by molar-refractivity contribution is 0.0921. The van der Waals surface area contributed by atoms with E-state index in [0.29, 0.717) is 5.75 Å². The Morgan fingerprint density at radius 3 is 1.70 bits per heavy atom. The van der Waals surface area contributed by atoms with E-state index >= 15 is 0 Å². The normalized spacial score (nSPS) is 13.1. The van der Waals surface area contributed by atoms with Crippen LogP contribution >= 0.6 is 0 Å². The minimum absolute atomic E-state index is 0.00239. The lowest BCUT2D eigenvalue weighted by Gasteiger charge is -2.20. The molecule has 2 aromatic rings. The minimum atomic E-state index is -0.583. The van der Waals surface area contributed by atoms with Gasteiger partial charge in [-0.1, -0.05) is 0 Å². The number of benzene rings is 1. The van der Waals surface area contributed by atoms with Gasteiger partial charge in [0.2, 0.25) is 0 Å². The second kappa shape index (κ2) is 5.56. The van der Waals surface area contributed by atoms with E-state index in [4.69, 9.17) is 14.2 Å². The van der Waals surface area contributed by atoms with E-state index in [-0.39, 0.29) is 28.6 Å². The van der Waals surface area contributed by atoms with Crippen LogP contribution in [0.15, 0.2) is 24.5 Å². The van der Waals surface area contributed by atoms with Gasteiger partial charge in [-0.25, -0.2) is 14.9 Å². The van der Waals surface area contributed by atoms with E-state index in [1.165, 1.54) is 33.7 Å². The third-order valence-electron chi connectivity index (χ3n) is 3.42. The molecule has 118 valence electrons. The number of aromatic nitrogens is 2. The summed E-state index contributed by atoms with van der Waals surface area (Å²) >= 11 is 0. The quantitative estimate of drug-likeness (QED) is 0.785. The van der Waals surface area contributed by atoms with E-state index in [1.54, 1.807) is 12.1 Å². The number of anilines is 1. The van der Waals surface area contributed by atoms with Gasteiger partial charge in [-0.05, 0) is 0 Å². The summed E-state index contributed by atoms with van der Waals surface area (Å²) in [7, 11) is 4.34. The van der Waals surface area contributed by atoms with Crippen molar-refractivity contribution in [3.05, 3.63) is 35.9 Å². The number of carbonyl (C=O) groups is 2. The number of amides is 2. The molecule has 0 spiro atoms. The van der Waals surface area contributed by atoms with E-state index in [9.17, 15) is 9.59 Å². The third kappa shape index (κ3) is 2.15. The number of ether oxygens (including phenoxy) is 3. The lowest BCUT2D eigenvalue weighted by atomic mass is 10.2. The van der Waals surface area contributed by atoms with Gasteiger partial charge in [-0.2, -0.15) is 0 Å². The van der Waals surface area contributed by atoms with Crippen LogP contribution in [-0.2, 0) is 0 Å². The topological polar surface area (TPSA) is 90.9 Å². The van der Waals surface area contributed by atoms with Crippen molar-refractivity contribution in [2.75, 3.05) is 26.2 Å².